The zero-order chi connectivity index (χ0) is 27.9. The quantitative estimate of drug-likeness (QED) is 0.130. The van der Waals surface area contributed by atoms with Crippen LogP contribution >= 0.6 is 0 Å². The van der Waals surface area contributed by atoms with Gasteiger partial charge < -0.3 is 9.47 Å². The van der Waals surface area contributed by atoms with E-state index in [0.29, 0.717) is 23.1 Å². The molecule has 0 aliphatic carbocycles. The molecule has 0 saturated heterocycles. The molecule has 0 aliphatic rings. The summed E-state index contributed by atoms with van der Waals surface area (Å²) in [4.78, 5) is 0. The molecule has 206 valence electrons. The van der Waals surface area contributed by atoms with Gasteiger partial charge in [-0.15, -0.1) is 0 Å². The molecule has 0 fully saturated rings. The number of benzene rings is 4. The zero-order valence-corrected chi connectivity index (χ0v) is 21.4. The van der Waals surface area contributed by atoms with Crippen LogP contribution in [0.3, 0.4) is 0 Å². The van der Waals surface area contributed by atoms with Gasteiger partial charge in [0.25, 0.3) is 0 Å². The predicted molar refractivity (Wildman–Crippen MR) is 139 cm³/mol. The van der Waals surface area contributed by atoms with Gasteiger partial charge in [-0.3, -0.25) is 0 Å². The molecule has 0 radical (unpaired) electrons. The Morgan fingerprint density at radius 3 is 2.21 bits per heavy atom. The van der Waals surface area contributed by atoms with Gasteiger partial charge in [0.1, 0.15) is 23.2 Å². The molecule has 0 saturated carbocycles. The van der Waals surface area contributed by atoms with Crippen LogP contribution in [0.25, 0.3) is 21.9 Å². The van der Waals surface area contributed by atoms with Crippen molar-refractivity contribution in [3.63, 3.8) is 0 Å². The second-order valence-electron chi connectivity index (χ2n) is 9.29. The third-order valence-corrected chi connectivity index (χ3v) is 6.50. The minimum absolute atomic E-state index is 0.123. The number of alkyl halides is 2. The molecule has 0 heterocycles. The van der Waals surface area contributed by atoms with Crippen LogP contribution in [0.4, 0.5) is 26.3 Å². The van der Waals surface area contributed by atoms with Crippen molar-refractivity contribution in [1.82, 2.24) is 0 Å². The third-order valence-electron chi connectivity index (χ3n) is 6.50. The van der Waals surface area contributed by atoms with Crippen molar-refractivity contribution in [1.29, 1.82) is 0 Å². The fraction of sp³-hybridized carbons (Fsp3) is 0.290. The Morgan fingerprint density at radius 1 is 0.744 bits per heavy atom. The zero-order valence-electron chi connectivity index (χ0n) is 21.4. The van der Waals surface area contributed by atoms with Crippen molar-refractivity contribution >= 4 is 10.8 Å². The van der Waals surface area contributed by atoms with Gasteiger partial charge in [-0.05, 0) is 59.5 Å². The average Bonchev–Trinajstić information content (AvgIpc) is 2.89. The first-order chi connectivity index (χ1) is 18.8. The van der Waals surface area contributed by atoms with Crippen LogP contribution in [-0.4, -0.2) is 13.2 Å². The Labute approximate surface area is 223 Å². The summed E-state index contributed by atoms with van der Waals surface area (Å²) >= 11 is 0. The van der Waals surface area contributed by atoms with Crippen LogP contribution in [0.15, 0.2) is 60.7 Å². The first-order valence-electron chi connectivity index (χ1n) is 12.8. The van der Waals surface area contributed by atoms with Gasteiger partial charge in [-0.2, -0.15) is 8.78 Å². The molecule has 4 rings (SSSR count). The number of fused-ring (bicyclic) bond motifs is 1. The molecule has 2 nitrogen and oxygen atoms in total. The summed E-state index contributed by atoms with van der Waals surface area (Å²) in [5, 5.41) is 0.735. The fourth-order valence-electron chi connectivity index (χ4n) is 4.48. The first kappa shape index (κ1) is 28.3. The highest BCUT2D eigenvalue weighted by atomic mass is 19.3. The van der Waals surface area contributed by atoms with Gasteiger partial charge in [-0.1, -0.05) is 56.5 Å². The van der Waals surface area contributed by atoms with Gasteiger partial charge in [-0.25, -0.2) is 17.6 Å². The maximum absolute atomic E-state index is 15.3. The minimum atomic E-state index is -3.14. The molecular weight excluding hydrogens is 518 g/mol. The highest BCUT2D eigenvalue weighted by Crippen LogP contribution is 2.33. The van der Waals surface area contributed by atoms with Crippen molar-refractivity contribution < 1.29 is 35.8 Å². The van der Waals surface area contributed by atoms with E-state index in [1.165, 1.54) is 24.3 Å². The van der Waals surface area contributed by atoms with Gasteiger partial charge in [0, 0.05) is 17.5 Å². The molecule has 0 aliphatic heterocycles. The molecule has 0 N–H and O–H groups in total. The van der Waals surface area contributed by atoms with Crippen LogP contribution in [0, 0.1) is 23.3 Å². The van der Waals surface area contributed by atoms with Crippen LogP contribution in [0.2, 0.25) is 0 Å². The molecule has 0 aromatic heterocycles. The van der Waals surface area contributed by atoms with Crippen molar-refractivity contribution in [3.8, 4) is 22.6 Å². The number of halogens is 6. The van der Waals surface area contributed by atoms with Crippen molar-refractivity contribution in [2.24, 2.45) is 0 Å². The Balaban J connectivity index is 1.49. The number of hydrogen-bond acceptors (Lipinski definition) is 2. The lowest BCUT2D eigenvalue weighted by Gasteiger charge is -2.12. The second-order valence-corrected chi connectivity index (χ2v) is 9.29. The number of rotatable bonds is 12. The predicted octanol–water partition coefficient (Wildman–Crippen LogP) is 9.41. The van der Waals surface area contributed by atoms with Crippen molar-refractivity contribution in [3.05, 3.63) is 95.1 Å². The Kier molecular flexibility index (Phi) is 9.38. The summed E-state index contributed by atoms with van der Waals surface area (Å²) in [6, 6.07) is 13.6. The average molecular weight is 547 g/mol. The SMILES string of the molecule is CCCCCCOc1cc(F)c(-c2ccc3c(F)c(CCc4ccc(OC(F)F)c(F)c4)ccc3c2)c(F)c1. The minimum Gasteiger partial charge on any atom is -0.493 e. The summed E-state index contributed by atoms with van der Waals surface area (Å²) in [5.41, 5.74) is 0.895. The summed E-state index contributed by atoms with van der Waals surface area (Å²) in [6.45, 7) is -0.665. The maximum Gasteiger partial charge on any atom is 0.387 e. The highest BCUT2D eigenvalue weighted by Gasteiger charge is 2.17. The second kappa shape index (κ2) is 12.9. The molecular formula is C31H28F6O2. The summed E-state index contributed by atoms with van der Waals surface area (Å²) in [5.74, 6) is -3.40. The van der Waals surface area contributed by atoms with E-state index in [0.717, 1.165) is 49.9 Å². The largest absolute Gasteiger partial charge is 0.493 e. The van der Waals surface area contributed by atoms with E-state index >= 15 is 4.39 Å². The number of unbranched alkanes of at least 4 members (excludes halogenated alkanes) is 3. The third kappa shape index (κ3) is 7.05. The maximum atomic E-state index is 15.3. The lowest BCUT2D eigenvalue weighted by molar-refractivity contribution is -0.0522. The molecule has 0 amide bonds. The first-order valence-corrected chi connectivity index (χ1v) is 12.8. The van der Waals surface area contributed by atoms with Gasteiger partial charge >= 0.3 is 6.61 Å². The molecule has 0 unspecified atom stereocenters. The Morgan fingerprint density at radius 2 is 1.51 bits per heavy atom. The number of ether oxygens (including phenoxy) is 2. The van der Waals surface area contributed by atoms with Crippen LogP contribution < -0.4 is 9.47 Å². The Hall–Kier alpha value is -3.68. The van der Waals surface area contributed by atoms with Crippen molar-refractivity contribution in [2.45, 2.75) is 52.1 Å². The van der Waals surface area contributed by atoms with E-state index in [4.69, 9.17) is 4.74 Å². The lowest BCUT2D eigenvalue weighted by atomic mass is 9.96. The molecule has 8 heteroatoms. The van der Waals surface area contributed by atoms with Gasteiger partial charge in [0.15, 0.2) is 11.6 Å². The summed E-state index contributed by atoms with van der Waals surface area (Å²) in [6.07, 6.45) is 4.42. The summed E-state index contributed by atoms with van der Waals surface area (Å²) < 4.78 is 93.2. The topological polar surface area (TPSA) is 18.5 Å². The lowest BCUT2D eigenvalue weighted by Crippen LogP contribution is -2.04. The van der Waals surface area contributed by atoms with Gasteiger partial charge in [0.05, 0.1) is 12.2 Å². The van der Waals surface area contributed by atoms with Crippen LogP contribution in [0.5, 0.6) is 11.5 Å². The highest BCUT2D eigenvalue weighted by molar-refractivity contribution is 5.88. The summed E-state index contributed by atoms with van der Waals surface area (Å²) in [7, 11) is 0. The van der Waals surface area contributed by atoms with E-state index < -0.39 is 35.6 Å². The smallest absolute Gasteiger partial charge is 0.387 e. The number of hydrogen-bond donors (Lipinski definition) is 0. The van der Waals surface area contributed by atoms with Gasteiger partial charge in [0.2, 0.25) is 0 Å². The standard InChI is InChI=1S/C31H28F6O2/c1-2-3-4-5-14-38-23-17-26(33)29(27(34)18-23)22-11-12-24-21(16-22)10-9-20(30(24)35)8-6-19-7-13-28(25(32)15-19)39-31(36)37/h7,9-13,15-18,31H,2-6,8,14H2,1H3. The van der Waals surface area contributed by atoms with Crippen LogP contribution in [0.1, 0.15) is 43.7 Å². The Bertz CT molecular complexity index is 1410. The van der Waals surface area contributed by atoms with E-state index in [2.05, 4.69) is 11.7 Å². The number of aryl methyl sites for hydroxylation is 2. The molecule has 0 bridgehead atoms. The van der Waals surface area contributed by atoms with E-state index in [1.54, 1.807) is 12.1 Å². The van der Waals surface area contributed by atoms with E-state index in [-0.39, 0.29) is 35.1 Å². The molecule has 0 atom stereocenters. The van der Waals surface area contributed by atoms with E-state index in [9.17, 15) is 22.0 Å². The fourth-order valence-corrected chi connectivity index (χ4v) is 4.48. The van der Waals surface area contributed by atoms with E-state index in [1.807, 2.05) is 0 Å². The molecule has 4 aromatic rings. The monoisotopic (exact) mass is 546 g/mol. The molecule has 4 aromatic carbocycles. The molecule has 0 spiro atoms. The normalized spacial score (nSPS) is 11.4. The van der Waals surface area contributed by atoms with Crippen LogP contribution in [-0.2, 0) is 12.8 Å². The molecule has 39 heavy (non-hydrogen) atoms. The van der Waals surface area contributed by atoms with Crippen molar-refractivity contribution in [2.75, 3.05) is 6.61 Å².